The Morgan fingerprint density at radius 2 is 1.73 bits per heavy atom. The number of rotatable bonds is 8. The summed E-state index contributed by atoms with van der Waals surface area (Å²) in [7, 11) is -16.9. The highest BCUT2D eigenvalue weighted by molar-refractivity contribution is 7.66. The number of fused-ring (bicyclic) bond motifs is 1. The second-order valence-electron chi connectivity index (χ2n) is 6.60. The number of hydrogen-bond donors (Lipinski definition) is 7. The summed E-state index contributed by atoms with van der Waals surface area (Å²) < 4.78 is 63.9. The normalized spacial score (nSPS) is 27.4. The van der Waals surface area contributed by atoms with Crippen LogP contribution < -0.4 is 5.56 Å². The average molecular weight is 536 g/mol. The maximum Gasteiger partial charge on any atom is 0.490 e. The number of aromatic amines is 1. The average Bonchev–Trinajstić information content (AvgIpc) is 2.91. The van der Waals surface area contributed by atoms with E-state index in [1.807, 2.05) is 0 Å². The molecule has 20 heteroatoms. The van der Waals surface area contributed by atoms with E-state index in [0.29, 0.717) is 0 Å². The number of phosphoric acid groups is 3. The van der Waals surface area contributed by atoms with Crippen molar-refractivity contribution in [1.29, 1.82) is 0 Å². The van der Waals surface area contributed by atoms with Crippen molar-refractivity contribution in [2.75, 3.05) is 6.61 Å². The van der Waals surface area contributed by atoms with Gasteiger partial charge in [0.15, 0.2) is 0 Å². The lowest BCUT2D eigenvalue weighted by Gasteiger charge is -2.19. The summed E-state index contributed by atoms with van der Waals surface area (Å²) in [6.07, 6.45) is -5.75. The molecule has 184 valence electrons. The molecule has 0 aromatic carbocycles. The Morgan fingerprint density at radius 3 is 2.36 bits per heavy atom. The molecule has 0 spiro atoms. The van der Waals surface area contributed by atoms with E-state index in [1.54, 1.807) is 0 Å². The Bertz CT molecular complexity index is 1200. The quantitative estimate of drug-likeness (QED) is 0.210. The first-order valence-corrected chi connectivity index (χ1v) is 13.1. The molecule has 0 aromatic heterocycles. The van der Waals surface area contributed by atoms with Gasteiger partial charge < -0.3 is 39.5 Å². The Morgan fingerprint density at radius 1 is 1.06 bits per heavy atom. The third-order valence-electron chi connectivity index (χ3n) is 4.17. The minimum atomic E-state index is -5.76. The van der Waals surface area contributed by atoms with Crippen molar-refractivity contribution in [1.82, 2.24) is 9.97 Å². The third-order valence-corrected chi connectivity index (χ3v) is 7.97. The number of hydrogen-bond acceptors (Lipinski definition) is 11. The summed E-state index contributed by atoms with van der Waals surface area (Å²) in [5, 5.41) is 20.4. The molecule has 0 amide bonds. The number of phosphoric ester groups is 1. The van der Waals surface area contributed by atoms with Crippen molar-refractivity contribution >= 4 is 23.5 Å². The number of pyridine rings is 2. The zero-order valence-corrected chi connectivity index (χ0v) is 18.5. The minimum absolute atomic E-state index is 0.0300. The number of H-pyrrole nitrogens is 1. The van der Waals surface area contributed by atoms with E-state index < -0.39 is 65.9 Å². The molecule has 3 aliphatic heterocycles. The van der Waals surface area contributed by atoms with E-state index in [-0.39, 0.29) is 17.0 Å². The highest BCUT2D eigenvalue weighted by Gasteiger charge is 2.47. The van der Waals surface area contributed by atoms with E-state index >= 15 is 0 Å². The number of aliphatic hydroxyl groups excluding tert-OH is 2. The van der Waals surface area contributed by atoms with Gasteiger partial charge in [0, 0.05) is 11.8 Å². The Balaban J connectivity index is 1.73. The lowest BCUT2D eigenvalue weighted by Crippen LogP contribution is -2.33. The van der Waals surface area contributed by atoms with Crippen LogP contribution in [0.4, 0.5) is 4.39 Å². The van der Waals surface area contributed by atoms with E-state index in [2.05, 4.69) is 23.1 Å². The molecule has 1 fully saturated rings. The molecule has 3 rings (SSSR count). The predicted molar refractivity (Wildman–Crippen MR) is 101 cm³/mol. The van der Waals surface area contributed by atoms with E-state index in [0.717, 1.165) is 18.3 Å². The molecule has 0 radical (unpaired) electrons. The number of nitrogens with zero attached hydrogens (tertiary/aromatic N) is 1. The first kappa shape index (κ1) is 26.2. The number of nitrogens with one attached hydrogen (secondary N) is 1. The van der Waals surface area contributed by atoms with Gasteiger partial charge in [0.1, 0.15) is 36.1 Å². The van der Waals surface area contributed by atoms with Crippen molar-refractivity contribution in [2.45, 2.75) is 24.4 Å². The number of halogens is 1. The molecule has 3 unspecified atom stereocenters. The van der Waals surface area contributed by atoms with Crippen LogP contribution in [-0.2, 0) is 31.6 Å². The first-order chi connectivity index (χ1) is 15.1. The summed E-state index contributed by atoms with van der Waals surface area (Å²) in [5.74, 6) is -0.655. The van der Waals surface area contributed by atoms with Crippen molar-refractivity contribution in [3.63, 3.8) is 0 Å². The molecule has 3 aliphatic rings. The van der Waals surface area contributed by atoms with E-state index in [1.165, 1.54) is 0 Å². The number of aliphatic hydroxyl groups is 2. The summed E-state index contributed by atoms with van der Waals surface area (Å²) in [6, 6.07) is 2.18. The Hall–Kier alpha value is -1.42. The molecule has 0 bridgehead atoms. The van der Waals surface area contributed by atoms with Crippen LogP contribution in [0.1, 0.15) is 11.7 Å². The highest BCUT2D eigenvalue weighted by atomic mass is 31.3. The maximum atomic E-state index is 13.4. The second kappa shape index (κ2) is 9.32. The van der Waals surface area contributed by atoms with Crippen LogP contribution in [0.2, 0.25) is 0 Å². The molecule has 6 atom stereocenters. The highest BCUT2D eigenvalue weighted by Crippen LogP contribution is 2.66. The summed E-state index contributed by atoms with van der Waals surface area (Å²) in [5.41, 5.74) is -1.05. The van der Waals surface area contributed by atoms with Gasteiger partial charge in [-0.1, -0.05) is 0 Å². The fourth-order valence-electron chi connectivity index (χ4n) is 2.90. The molecule has 33 heavy (non-hydrogen) atoms. The van der Waals surface area contributed by atoms with Crippen LogP contribution in [0.15, 0.2) is 23.1 Å². The van der Waals surface area contributed by atoms with Crippen LogP contribution in [-0.4, -0.2) is 64.7 Å². The van der Waals surface area contributed by atoms with E-state index in [4.69, 9.17) is 19.4 Å². The molecular weight excluding hydrogens is 520 g/mol. The fraction of sp³-hybridized carbons (Fsp3) is 0.385. The second-order valence-corrected chi connectivity index (χ2v) is 11.0. The Kier molecular flexibility index (Phi) is 7.40. The van der Waals surface area contributed by atoms with Crippen molar-refractivity contribution < 1.29 is 65.8 Å². The van der Waals surface area contributed by atoms with Gasteiger partial charge in [0.2, 0.25) is 0 Å². The minimum Gasteiger partial charge on any atom is -0.387 e. The monoisotopic (exact) mass is 536 g/mol. The van der Waals surface area contributed by atoms with Gasteiger partial charge >= 0.3 is 23.5 Å². The topological polar surface area (TPSA) is 255 Å². The number of aromatic nitrogens is 2. The predicted octanol–water partition coefficient (Wildman–Crippen LogP) is -0.481. The summed E-state index contributed by atoms with van der Waals surface area (Å²) in [6.45, 7) is -1.06. The summed E-state index contributed by atoms with van der Waals surface area (Å²) in [4.78, 5) is 54.0. The molecule has 7 N–H and O–H groups in total. The van der Waals surface area contributed by atoms with Gasteiger partial charge in [-0.05, 0) is 12.1 Å². The zero-order valence-electron chi connectivity index (χ0n) is 15.9. The SMILES string of the molecule is O=c1nc2[nH]cc(F)cc-2cc1[C@@H]1O[C@H](COP(=O)(O)OP(=O)(O)OP(=O)(O)O)[C@H](O)C1O. The fourth-order valence-corrected chi connectivity index (χ4v) is 5.93. The molecule has 16 nitrogen and oxygen atoms in total. The van der Waals surface area contributed by atoms with Crippen molar-refractivity contribution in [3.05, 3.63) is 40.1 Å². The standard InChI is InChI=1S/C13H16FN2O14P3/c14-6-1-5-2-7(13(19)16-12(5)15-3-6)11-10(18)9(17)8(28-11)4-27-32(23,24)30-33(25,26)29-31(20,21)22/h1-3,8-11,17-18H,4H2,(H,23,24)(H,25,26)(H,15,16,19)(H2,20,21,22)/t8-,9+,10?,11+/m1/s1. The smallest absolute Gasteiger partial charge is 0.387 e. The van der Waals surface area contributed by atoms with Crippen LogP contribution >= 0.6 is 23.5 Å². The van der Waals surface area contributed by atoms with Gasteiger partial charge in [0.25, 0.3) is 5.56 Å². The van der Waals surface area contributed by atoms with Gasteiger partial charge in [-0.25, -0.2) is 18.1 Å². The third kappa shape index (κ3) is 6.59. The maximum absolute atomic E-state index is 13.4. The van der Waals surface area contributed by atoms with Crippen LogP contribution in [0, 0.1) is 5.82 Å². The van der Waals surface area contributed by atoms with E-state index in [9.17, 15) is 38.0 Å². The van der Waals surface area contributed by atoms with Crippen LogP contribution in [0.5, 0.6) is 0 Å². The van der Waals surface area contributed by atoms with Crippen LogP contribution in [0.25, 0.3) is 11.4 Å². The lowest BCUT2D eigenvalue weighted by atomic mass is 10.0. The zero-order chi connectivity index (χ0) is 24.8. The van der Waals surface area contributed by atoms with Gasteiger partial charge in [-0.2, -0.15) is 13.6 Å². The molecular formula is C13H16FN2O14P3. The van der Waals surface area contributed by atoms with Crippen LogP contribution in [0.3, 0.4) is 0 Å². The van der Waals surface area contributed by atoms with Crippen molar-refractivity contribution in [3.8, 4) is 11.4 Å². The van der Waals surface area contributed by atoms with Crippen molar-refractivity contribution in [2.24, 2.45) is 0 Å². The summed E-state index contributed by atoms with van der Waals surface area (Å²) >= 11 is 0. The molecule has 1 saturated heterocycles. The van der Waals surface area contributed by atoms with Gasteiger partial charge in [-0.3, -0.25) is 9.32 Å². The molecule has 0 saturated carbocycles. The Labute approximate surface area is 182 Å². The number of ether oxygens (including phenoxy) is 1. The molecule has 3 heterocycles. The molecule has 0 aliphatic carbocycles. The lowest BCUT2D eigenvalue weighted by molar-refractivity contribution is -0.0226. The molecule has 0 aromatic rings. The van der Waals surface area contributed by atoms with Gasteiger partial charge in [-0.15, -0.1) is 0 Å². The van der Waals surface area contributed by atoms with Gasteiger partial charge in [0.05, 0.1) is 12.2 Å². The largest absolute Gasteiger partial charge is 0.490 e. The first-order valence-electron chi connectivity index (χ1n) is 8.56.